The summed E-state index contributed by atoms with van der Waals surface area (Å²) in [5, 5.41) is 8.14. The van der Waals surface area contributed by atoms with E-state index in [2.05, 4.69) is 10.3 Å². The summed E-state index contributed by atoms with van der Waals surface area (Å²) in [7, 11) is 0. The molecule has 1 aliphatic rings. The first-order chi connectivity index (χ1) is 18.1. The normalized spacial score (nSPS) is 14.7. The first-order valence-corrected chi connectivity index (χ1v) is 12.6. The van der Waals surface area contributed by atoms with Gasteiger partial charge in [0.15, 0.2) is 0 Å². The summed E-state index contributed by atoms with van der Waals surface area (Å²) in [5.41, 5.74) is 2.06. The van der Waals surface area contributed by atoms with E-state index in [1.54, 1.807) is 45.8 Å². The summed E-state index contributed by atoms with van der Waals surface area (Å²) < 4.78 is 20.4. The predicted molar refractivity (Wildman–Crippen MR) is 141 cm³/mol. The van der Waals surface area contributed by atoms with E-state index in [0.29, 0.717) is 48.0 Å². The van der Waals surface area contributed by atoms with Gasteiger partial charge < -0.3 is 19.9 Å². The Bertz CT molecular complexity index is 1560. The van der Waals surface area contributed by atoms with Gasteiger partial charge in [-0.25, -0.2) is 13.7 Å². The molecule has 2 aromatic carbocycles. The average molecular weight is 520 g/mol. The zero-order valence-electron chi connectivity index (χ0n) is 21.6. The molecule has 0 unspecified atom stereocenters. The van der Waals surface area contributed by atoms with Gasteiger partial charge in [0.1, 0.15) is 17.1 Å². The number of nitrogens with one attached hydrogen (secondary N) is 2. The van der Waals surface area contributed by atoms with E-state index in [0.717, 1.165) is 11.3 Å². The fourth-order valence-corrected chi connectivity index (χ4v) is 4.83. The second kappa shape index (κ2) is 9.92. The van der Waals surface area contributed by atoms with Crippen molar-refractivity contribution in [1.29, 1.82) is 0 Å². The van der Waals surface area contributed by atoms with Gasteiger partial charge >= 0.3 is 6.09 Å². The van der Waals surface area contributed by atoms with Gasteiger partial charge in [0, 0.05) is 31.6 Å². The van der Waals surface area contributed by atoms with Crippen LogP contribution in [0.15, 0.2) is 53.3 Å². The van der Waals surface area contributed by atoms with Crippen LogP contribution in [0.2, 0.25) is 0 Å². The molecular formula is C28H30FN5O4. The molecule has 1 aliphatic heterocycles. The first kappa shape index (κ1) is 25.4. The molecule has 38 heavy (non-hydrogen) atoms. The maximum Gasteiger partial charge on any atom is 0.410 e. The summed E-state index contributed by atoms with van der Waals surface area (Å²) in [4.78, 5) is 42.9. The SMILES string of the molecule is CC(C)(C)OC(=O)N1CCC(c2cc(=O)[nH]c3c4c(C(=O)NCc5ccc(F)cc5)cccc4nn23)CC1. The fourth-order valence-electron chi connectivity index (χ4n) is 4.83. The van der Waals surface area contributed by atoms with Gasteiger partial charge in [-0.1, -0.05) is 18.2 Å². The number of nitrogens with zero attached hydrogens (tertiary/aromatic N) is 3. The lowest BCUT2D eigenvalue weighted by Crippen LogP contribution is -2.41. The highest BCUT2D eigenvalue weighted by Gasteiger charge is 2.29. The van der Waals surface area contributed by atoms with Crippen LogP contribution < -0.4 is 10.9 Å². The van der Waals surface area contributed by atoms with E-state index in [1.165, 1.54) is 12.1 Å². The van der Waals surface area contributed by atoms with Crippen LogP contribution in [0.25, 0.3) is 16.6 Å². The van der Waals surface area contributed by atoms with Crippen molar-refractivity contribution in [3.05, 3.63) is 81.5 Å². The minimum Gasteiger partial charge on any atom is -0.444 e. The molecule has 2 aromatic heterocycles. The third-order valence-electron chi connectivity index (χ3n) is 6.64. The van der Waals surface area contributed by atoms with Crippen LogP contribution in [0.4, 0.5) is 9.18 Å². The van der Waals surface area contributed by atoms with Crippen molar-refractivity contribution in [2.75, 3.05) is 13.1 Å². The molecular weight excluding hydrogens is 489 g/mol. The van der Waals surface area contributed by atoms with Gasteiger partial charge in [-0.3, -0.25) is 9.59 Å². The Balaban J connectivity index is 1.42. The lowest BCUT2D eigenvalue weighted by atomic mass is 9.93. The fraction of sp³-hybridized carbons (Fsp3) is 0.357. The lowest BCUT2D eigenvalue weighted by Gasteiger charge is -2.33. The number of carbonyl (C=O) groups excluding carboxylic acids is 2. The van der Waals surface area contributed by atoms with Crippen molar-refractivity contribution in [3.63, 3.8) is 0 Å². The minimum atomic E-state index is -0.564. The van der Waals surface area contributed by atoms with E-state index in [1.807, 2.05) is 20.8 Å². The zero-order chi connectivity index (χ0) is 27.0. The summed E-state index contributed by atoms with van der Waals surface area (Å²) >= 11 is 0. The molecule has 0 aliphatic carbocycles. The van der Waals surface area contributed by atoms with E-state index in [9.17, 15) is 18.8 Å². The minimum absolute atomic E-state index is 0.00329. The van der Waals surface area contributed by atoms with Crippen molar-refractivity contribution in [2.45, 2.75) is 51.7 Å². The highest BCUT2D eigenvalue weighted by atomic mass is 19.1. The lowest BCUT2D eigenvalue weighted by molar-refractivity contribution is 0.0203. The summed E-state index contributed by atoms with van der Waals surface area (Å²) in [6.45, 7) is 6.75. The summed E-state index contributed by atoms with van der Waals surface area (Å²) in [6.07, 6.45) is 0.964. The van der Waals surface area contributed by atoms with Crippen molar-refractivity contribution >= 4 is 28.6 Å². The standard InChI is InChI=1S/C28H30FN5O4/c1-28(2,3)38-27(37)33-13-11-18(12-14-33)22-15-23(35)31-25-24-20(5-4-6-21(24)32-34(22)25)26(36)30-16-17-7-9-19(29)10-8-17/h4-10,15,18H,11-14,16H2,1-3H3,(H,30,36)(H,31,35). The number of halogens is 1. The number of carbonyl (C=O) groups is 2. The summed E-state index contributed by atoms with van der Waals surface area (Å²) in [5.74, 6) is -0.665. The Morgan fingerprint density at radius 3 is 2.53 bits per heavy atom. The van der Waals surface area contributed by atoms with Crippen LogP contribution in [0, 0.1) is 5.82 Å². The Morgan fingerprint density at radius 2 is 1.84 bits per heavy atom. The first-order valence-electron chi connectivity index (χ1n) is 12.6. The van der Waals surface area contributed by atoms with Crippen LogP contribution in [-0.2, 0) is 11.3 Å². The Kier molecular flexibility index (Phi) is 6.64. The number of piperidine rings is 1. The van der Waals surface area contributed by atoms with Crippen molar-refractivity contribution in [3.8, 4) is 0 Å². The van der Waals surface area contributed by atoms with Gasteiger partial charge in [0.25, 0.3) is 11.5 Å². The van der Waals surface area contributed by atoms with E-state index in [-0.39, 0.29) is 35.8 Å². The van der Waals surface area contributed by atoms with Gasteiger partial charge in [-0.2, -0.15) is 5.10 Å². The number of fused-ring (bicyclic) bond motifs is 3. The highest BCUT2D eigenvalue weighted by Crippen LogP contribution is 2.30. The molecule has 0 saturated carbocycles. The quantitative estimate of drug-likeness (QED) is 0.417. The number of aromatic amines is 1. The maximum absolute atomic E-state index is 13.2. The number of H-pyrrole nitrogens is 1. The van der Waals surface area contributed by atoms with Crippen LogP contribution >= 0.6 is 0 Å². The molecule has 2 amide bonds. The Morgan fingerprint density at radius 1 is 1.13 bits per heavy atom. The number of likely N-dealkylation sites (tertiary alicyclic amines) is 1. The monoisotopic (exact) mass is 519 g/mol. The topological polar surface area (TPSA) is 109 Å². The van der Waals surface area contributed by atoms with E-state index in [4.69, 9.17) is 9.84 Å². The summed E-state index contributed by atoms with van der Waals surface area (Å²) in [6, 6.07) is 12.7. The number of amides is 2. The van der Waals surface area contributed by atoms with Gasteiger partial charge in [-0.05, 0) is 63.4 Å². The number of hydrogen-bond acceptors (Lipinski definition) is 5. The van der Waals surface area contributed by atoms with E-state index >= 15 is 0 Å². The second-order valence-electron chi connectivity index (χ2n) is 10.6. The largest absolute Gasteiger partial charge is 0.444 e. The number of ether oxygens (including phenoxy) is 1. The van der Waals surface area contributed by atoms with Gasteiger partial charge in [-0.15, -0.1) is 0 Å². The number of hydrogen-bond donors (Lipinski definition) is 2. The molecule has 9 nitrogen and oxygen atoms in total. The molecule has 4 aromatic rings. The number of benzene rings is 2. The molecule has 10 heteroatoms. The van der Waals surface area contributed by atoms with Crippen molar-refractivity contribution in [2.24, 2.45) is 0 Å². The molecule has 1 saturated heterocycles. The average Bonchev–Trinajstić information content (AvgIpc) is 3.25. The third kappa shape index (κ3) is 5.25. The molecule has 0 spiro atoms. The molecule has 0 atom stereocenters. The number of rotatable bonds is 4. The number of aromatic nitrogens is 3. The maximum atomic E-state index is 13.2. The van der Waals surface area contributed by atoms with Crippen LogP contribution in [-0.4, -0.2) is 50.2 Å². The molecule has 0 bridgehead atoms. The van der Waals surface area contributed by atoms with Gasteiger partial charge in [0.05, 0.1) is 22.2 Å². The van der Waals surface area contributed by atoms with Gasteiger partial charge in [0.2, 0.25) is 0 Å². The molecule has 5 rings (SSSR count). The molecule has 0 radical (unpaired) electrons. The molecule has 1 fully saturated rings. The molecule has 2 N–H and O–H groups in total. The molecule has 198 valence electrons. The Labute approximate surface area is 218 Å². The zero-order valence-corrected chi connectivity index (χ0v) is 21.6. The predicted octanol–water partition coefficient (Wildman–Crippen LogP) is 4.36. The Hall–Kier alpha value is -4.21. The van der Waals surface area contributed by atoms with Crippen molar-refractivity contribution < 1.29 is 18.7 Å². The third-order valence-corrected chi connectivity index (χ3v) is 6.64. The highest BCUT2D eigenvalue weighted by molar-refractivity contribution is 6.11. The smallest absolute Gasteiger partial charge is 0.410 e. The van der Waals surface area contributed by atoms with Crippen molar-refractivity contribution in [1.82, 2.24) is 24.8 Å². The van der Waals surface area contributed by atoms with E-state index < -0.39 is 5.60 Å². The van der Waals surface area contributed by atoms with Crippen LogP contribution in [0.3, 0.4) is 0 Å². The second-order valence-corrected chi connectivity index (χ2v) is 10.6. The van der Waals surface area contributed by atoms with Crippen LogP contribution in [0.1, 0.15) is 61.1 Å². The van der Waals surface area contributed by atoms with Crippen LogP contribution in [0.5, 0.6) is 0 Å². The molecule has 3 heterocycles.